The SMILES string of the molecule is O=c1oc2c(O)cccc2cc1S(=O)(=O)c1c(O)c2ccccc2oc1=O. The Balaban J connectivity index is 2.07. The summed E-state index contributed by atoms with van der Waals surface area (Å²) in [5, 5.41) is 20.2. The summed E-state index contributed by atoms with van der Waals surface area (Å²) in [5.74, 6) is -1.17. The zero-order chi connectivity index (χ0) is 19.3. The van der Waals surface area contributed by atoms with Crippen LogP contribution in [0, 0.1) is 0 Å². The van der Waals surface area contributed by atoms with Gasteiger partial charge in [0, 0.05) is 5.39 Å². The number of para-hydroxylation sites is 2. The van der Waals surface area contributed by atoms with Crippen molar-refractivity contribution in [2.45, 2.75) is 9.79 Å². The molecule has 2 aromatic carbocycles. The molecule has 136 valence electrons. The van der Waals surface area contributed by atoms with E-state index in [4.69, 9.17) is 8.83 Å². The number of hydrogen-bond acceptors (Lipinski definition) is 8. The molecule has 0 radical (unpaired) electrons. The minimum Gasteiger partial charge on any atom is -0.506 e. The number of phenols is 1. The summed E-state index contributed by atoms with van der Waals surface area (Å²) < 4.78 is 35.7. The smallest absolute Gasteiger partial charge is 0.359 e. The first-order chi connectivity index (χ1) is 12.8. The molecule has 0 unspecified atom stereocenters. The molecule has 2 aromatic heterocycles. The van der Waals surface area contributed by atoms with Gasteiger partial charge in [-0.25, -0.2) is 18.0 Å². The van der Waals surface area contributed by atoms with E-state index in [0.29, 0.717) is 0 Å². The third kappa shape index (κ3) is 2.48. The van der Waals surface area contributed by atoms with Gasteiger partial charge in [0.25, 0.3) is 0 Å². The Morgan fingerprint density at radius 3 is 2.37 bits per heavy atom. The van der Waals surface area contributed by atoms with E-state index in [0.717, 1.165) is 6.07 Å². The van der Waals surface area contributed by atoms with E-state index < -0.39 is 36.6 Å². The van der Waals surface area contributed by atoms with Crippen molar-refractivity contribution in [3.63, 3.8) is 0 Å². The summed E-state index contributed by atoms with van der Waals surface area (Å²) in [6.45, 7) is 0. The molecular weight excluding hydrogens is 376 g/mol. The standard InChI is InChI=1S/C18H10O8S/c19-11-6-3-4-9-8-13(17(21)26-15(9)11)27(23,24)16-14(20)10-5-1-2-7-12(10)25-18(16)22/h1-8,19-20H. The van der Waals surface area contributed by atoms with Crippen LogP contribution >= 0.6 is 0 Å². The fourth-order valence-corrected chi connectivity index (χ4v) is 4.15. The summed E-state index contributed by atoms with van der Waals surface area (Å²) in [6, 6.07) is 10.9. The molecule has 0 saturated heterocycles. The van der Waals surface area contributed by atoms with Crippen LogP contribution in [0.4, 0.5) is 0 Å². The number of phenolic OH excluding ortho intramolecular Hbond substituents is 1. The van der Waals surface area contributed by atoms with Gasteiger partial charge in [-0.05, 0) is 24.3 Å². The second kappa shape index (κ2) is 5.71. The Morgan fingerprint density at radius 1 is 0.852 bits per heavy atom. The summed E-state index contributed by atoms with van der Waals surface area (Å²) >= 11 is 0. The lowest BCUT2D eigenvalue weighted by atomic mass is 10.2. The van der Waals surface area contributed by atoms with E-state index in [9.17, 15) is 28.2 Å². The maximum atomic E-state index is 12.9. The highest BCUT2D eigenvalue weighted by Crippen LogP contribution is 2.32. The van der Waals surface area contributed by atoms with Gasteiger partial charge < -0.3 is 19.0 Å². The van der Waals surface area contributed by atoms with Crippen LogP contribution in [0.5, 0.6) is 11.5 Å². The van der Waals surface area contributed by atoms with Crippen molar-refractivity contribution in [2.24, 2.45) is 0 Å². The van der Waals surface area contributed by atoms with Crippen LogP contribution in [0.1, 0.15) is 0 Å². The number of aromatic hydroxyl groups is 2. The third-order valence-electron chi connectivity index (χ3n) is 4.01. The average molecular weight is 386 g/mol. The number of sulfone groups is 1. The van der Waals surface area contributed by atoms with E-state index in [-0.39, 0.29) is 27.7 Å². The molecule has 0 aliphatic heterocycles. The zero-order valence-corrected chi connectivity index (χ0v) is 14.2. The van der Waals surface area contributed by atoms with Gasteiger partial charge in [0.15, 0.2) is 26.9 Å². The molecule has 0 aliphatic carbocycles. The molecule has 0 aliphatic rings. The van der Waals surface area contributed by atoms with Crippen LogP contribution in [0.15, 0.2) is 76.7 Å². The van der Waals surface area contributed by atoms with Crippen molar-refractivity contribution in [3.05, 3.63) is 69.4 Å². The van der Waals surface area contributed by atoms with E-state index in [2.05, 4.69) is 0 Å². The van der Waals surface area contributed by atoms with Crippen molar-refractivity contribution in [3.8, 4) is 11.5 Å². The number of rotatable bonds is 2. The Bertz CT molecular complexity index is 1440. The highest BCUT2D eigenvalue weighted by Gasteiger charge is 2.32. The first-order valence-electron chi connectivity index (χ1n) is 7.56. The molecule has 9 heteroatoms. The van der Waals surface area contributed by atoms with Crippen molar-refractivity contribution in [1.82, 2.24) is 0 Å². The molecule has 8 nitrogen and oxygen atoms in total. The lowest BCUT2D eigenvalue weighted by molar-refractivity contribution is 0.440. The molecule has 0 saturated carbocycles. The molecular formula is C18H10O8S. The maximum Gasteiger partial charge on any atom is 0.359 e. The van der Waals surface area contributed by atoms with Gasteiger partial charge in [0.1, 0.15) is 5.58 Å². The van der Waals surface area contributed by atoms with E-state index in [1.807, 2.05) is 0 Å². The van der Waals surface area contributed by atoms with Gasteiger partial charge in [-0.15, -0.1) is 0 Å². The lowest BCUT2D eigenvalue weighted by Gasteiger charge is -2.08. The second-order valence-electron chi connectivity index (χ2n) is 5.66. The molecule has 2 N–H and O–H groups in total. The molecule has 27 heavy (non-hydrogen) atoms. The predicted octanol–water partition coefficient (Wildman–Crippen LogP) is 2.14. The largest absolute Gasteiger partial charge is 0.506 e. The first kappa shape index (κ1) is 16.9. The van der Waals surface area contributed by atoms with Gasteiger partial charge >= 0.3 is 11.3 Å². The maximum absolute atomic E-state index is 12.9. The van der Waals surface area contributed by atoms with E-state index in [1.54, 1.807) is 6.07 Å². The number of fused-ring (bicyclic) bond motifs is 2. The molecule has 0 bridgehead atoms. The first-order valence-corrected chi connectivity index (χ1v) is 9.05. The molecule has 0 amide bonds. The van der Waals surface area contributed by atoms with Crippen molar-refractivity contribution in [1.29, 1.82) is 0 Å². The molecule has 0 fully saturated rings. The molecule has 2 heterocycles. The Hall–Kier alpha value is -3.59. The normalized spacial score (nSPS) is 11.9. The highest BCUT2D eigenvalue weighted by molar-refractivity contribution is 7.91. The van der Waals surface area contributed by atoms with Crippen molar-refractivity contribution >= 4 is 31.8 Å². The Labute approximate surface area is 150 Å². The fraction of sp³-hybridized carbons (Fsp3) is 0. The zero-order valence-electron chi connectivity index (χ0n) is 13.4. The molecule has 0 atom stereocenters. The molecule has 4 rings (SSSR count). The quantitative estimate of drug-likeness (QED) is 0.500. The van der Waals surface area contributed by atoms with Gasteiger partial charge in [-0.3, -0.25) is 0 Å². The fourth-order valence-electron chi connectivity index (χ4n) is 2.76. The number of benzene rings is 2. The Morgan fingerprint density at radius 2 is 1.59 bits per heavy atom. The Kier molecular flexibility index (Phi) is 3.57. The van der Waals surface area contributed by atoms with E-state index in [1.165, 1.54) is 36.4 Å². The van der Waals surface area contributed by atoms with Crippen LogP contribution < -0.4 is 11.3 Å². The van der Waals surface area contributed by atoms with Gasteiger partial charge in [0.05, 0.1) is 5.39 Å². The van der Waals surface area contributed by atoms with Crippen LogP contribution in [-0.2, 0) is 9.84 Å². The number of hydrogen-bond donors (Lipinski definition) is 2. The third-order valence-corrected chi connectivity index (χ3v) is 5.77. The minimum absolute atomic E-state index is 0.00139. The van der Waals surface area contributed by atoms with Crippen LogP contribution in [0.25, 0.3) is 21.9 Å². The highest BCUT2D eigenvalue weighted by atomic mass is 32.2. The van der Waals surface area contributed by atoms with Crippen LogP contribution in [0.3, 0.4) is 0 Å². The van der Waals surface area contributed by atoms with Gasteiger partial charge in [-0.1, -0.05) is 24.3 Å². The summed E-state index contributed by atoms with van der Waals surface area (Å²) in [5.41, 5.74) is -2.82. The summed E-state index contributed by atoms with van der Waals surface area (Å²) in [7, 11) is -4.77. The molecule has 4 aromatic rings. The van der Waals surface area contributed by atoms with Crippen LogP contribution in [-0.4, -0.2) is 18.6 Å². The minimum atomic E-state index is -4.77. The monoisotopic (exact) mass is 386 g/mol. The van der Waals surface area contributed by atoms with Crippen LogP contribution in [0.2, 0.25) is 0 Å². The van der Waals surface area contributed by atoms with Gasteiger partial charge in [-0.2, -0.15) is 0 Å². The average Bonchev–Trinajstić information content (AvgIpc) is 2.62. The summed E-state index contributed by atoms with van der Waals surface area (Å²) in [4.78, 5) is 22.5. The van der Waals surface area contributed by atoms with Gasteiger partial charge in [0.2, 0.25) is 9.84 Å². The predicted molar refractivity (Wildman–Crippen MR) is 93.7 cm³/mol. The summed E-state index contributed by atoms with van der Waals surface area (Å²) in [6.07, 6.45) is 0. The lowest BCUT2D eigenvalue weighted by Crippen LogP contribution is -2.20. The van der Waals surface area contributed by atoms with Crippen molar-refractivity contribution in [2.75, 3.05) is 0 Å². The molecule has 0 spiro atoms. The van der Waals surface area contributed by atoms with E-state index >= 15 is 0 Å². The second-order valence-corrected chi connectivity index (χ2v) is 7.52. The van der Waals surface area contributed by atoms with Crippen molar-refractivity contribution < 1.29 is 27.5 Å². The topological polar surface area (TPSA) is 135 Å².